The predicted molar refractivity (Wildman–Crippen MR) is 180 cm³/mol. The minimum absolute atomic E-state index is 0.288. The van der Waals surface area contributed by atoms with Crippen molar-refractivity contribution in [3.05, 3.63) is 0 Å². The molecule has 0 aromatic rings. The first-order valence-electron chi connectivity index (χ1n) is 16.0. The number of nitrogens with one attached hydrogen (secondary N) is 5. The summed E-state index contributed by atoms with van der Waals surface area (Å²) in [4.78, 5) is 76.1. The van der Waals surface area contributed by atoms with Gasteiger partial charge in [-0.3, -0.25) is 19.2 Å². The molecule has 0 aromatic carbocycles. The Bertz CT molecular complexity index is 1090. The summed E-state index contributed by atoms with van der Waals surface area (Å²) in [6, 6.07) is -3.48. The molecule has 2 saturated carbocycles. The molecule has 8 atom stereocenters. The lowest BCUT2D eigenvalue weighted by atomic mass is 9.78. The van der Waals surface area contributed by atoms with Crippen molar-refractivity contribution in [1.82, 2.24) is 26.6 Å². The van der Waals surface area contributed by atoms with Crippen LogP contribution in [-0.4, -0.2) is 82.9 Å². The summed E-state index contributed by atoms with van der Waals surface area (Å²) >= 11 is 14.4. The Kier molecular flexibility index (Phi) is 18.2. The minimum atomic E-state index is -0.881. The fraction of sp³-hybridized carbons (Fsp3) is 0.806. The zero-order valence-corrected chi connectivity index (χ0v) is 30.8. The molecule has 0 aromatic heterocycles. The highest BCUT2D eigenvalue weighted by atomic mass is 35.6. The second kappa shape index (κ2) is 20.1. The van der Waals surface area contributed by atoms with Gasteiger partial charge in [0.05, 0.1) is 18.9 Å². The molecule has 0 heterocycles. The molecule has 2 aliphatic carbocycles. The fourth-order valence-electron chi connectivity index (χ4n) is 5.58. The number of methoxy groups -OCH3 is 1. The van der Waals surface area contributed by atoms with Crippen LogP contribution in [0, 0.1) is 17.8 Å². The third kappa shape index (κ3) is 16.0. The Labute approximate surface area is 293 Å². The second-order valence-electron chi connectivity index (χ2n) is 13.2. The molecular weight excluding hydrogens is 677 g/mol. The zero-order chi connectivity index (χ0) is 36.1. The van der Waals surface area contributed by atoms with Crippen molar-refractivity contribution < 1.29 is 38.2 Å². The smallest absolute Gasteiger partial charge is 0.408 e. The molecule has 2 aliphatic rings. The lowest BCUT2D eigenvalue weighted by molar-refractivity contribution is -0.145. The number of alkyl halides is 3. The van der Waals surface area contributed by atoms with Crippen LogP contribution in [-0.2, 0) is 33.4 Å². The molecule has 0 saturated heterocycles. The average Bonchev–Trinajstić information content (AvgIpc) is 2.95. The topological polar surface area (TPSA) is 181 Å². The van der Waals surface area contributed by atoms with Gasteiger partial charge in [0.2, 0.25) is 23.6 Å². The number of amides is 5. The van der Waals surface area contributed by atoms with E-state index in [9.17, 15) is 28.8 Å². The maximum absolute atomic E-state index is 13.3. The first-order valence-corrected chi connectivity index (χ1v) is 17.3. The number of hydrogen-bond acceptors (Lipinski definition) is 8. The van der Waals surface area contributed by atoms with Gasteiger partial charge < -0.3 is 36.1 Å². The van der Waals surface area contributed by atoms with Gasteiger partial charge in [0.25, 0.3) is 0 Å². The van der Waals surface area contributed by atoms with Gasteiger partial charge in [-0.1, -0.05) is 54.6 Å². The molecule has 2 rings (SSSR count). The quantitative estimate of drug-likeness (QED) is 0.167. The Balaban J connectivity index is 0.00000260. The molecule has 270 valence electrons. The van der Waals surface area contributed by atoms with Crippen LogP contribution in [0.15, 0.2) is 0 Å². The van der Waals surface area contributed by atoms with Crippen molar-refractivity contribution >= 4 is 70.5 Å². The van der Waals surface area contributed by atoms with E-state index < -0.39 is 75.8 Å². The molecule has 5 N–H and O–H groups in total. The highest BCUT2D eigenvalue weighted by molar-refractivity contribution is 6.63. The van der Waals surface area contributed by atoms with Crippen molar-refractivity contribution in [3.63, 3.8) is 0 Å². The maximum atomic E-state index is 13.3. The molecule has 0 unspecified atom stereocenters. The van der Waals surface area contributed by atoms with Crippen LogP contribution in [0.3, 0.4) is 0 Å². The van der Waals surface area contributed by atoms with E-state index in [1.807, 2.05) is 0 Å². The van der Waals surface area contributed by atoms with Gasteiger partial charge in [-0.05, 0) is 79.6 Å². The van der Waals surface area contributed by atoms with Gasteiger partial charge in [-0.15, -0.1) is 0 Å². The number of carbonyl (C=O) groups is 6. The number of hydrogen-bond donors (Lipinski definition) is 5. The Morgan fingerprint density at radius 1 is 0.702 bits per heavy atom. The highest BCUT2D eigenvalue weighted by Gasteiger charge is 2.38. The Morgan fingerprint density at radius 3 is 1.70 bits per heavy atom. The first-order chi connectivity index (χ1) is 21.7. The standard InChI is InChI=1S/C30H51N5O8.CHCl3/c1-16-13-14-21(27(39)32-19(4)28(40)42-8)23(15-16)35-24(36)17(2)31-26(38)20-11-9-10-12-22(20)34-25(37)18(3)33-29(41)43-30(5,6)7;2-1(3)4/h16-23H,9-15H2,1-8H3,(H,31,38)(H,32,39)(H,33,41)(H,34,37)(H,35,36);1H/t16-,17+,18+,19+,20+,21+,22-,23-;/m1./s1. The lowest BCUT2D eigenvalue weighted by Crippen LogP contribution is -2.57. The number of carbonyl (C=O) groups excluding carboxylic acids is 6. The van der Waals surface area contributed by atoms with E-state index in [1.165, 1.54) is 7.11 Å². The molecule has 0 bridgehead atoms. The molecule has 2 fully saturated rings. The van der Waals surface area contributed by atoms with Gasteiger partial charge in [0.15, 0.2) is 4.30 Å². The van der Waals surface area contributed by atoms with E-state index in [4.69, 9.17) is 39.5 Å². The molecular formula is C31H52Cl3N5O8. The van der Waals surface area contributed by atoms with Crippen molar-refractivity contribution in [2.24, 2.45) is 17.8 Å². The highest BCUT2D eigenvalue weighted by Crippen LogP contribution is 2.30. The molecule has 13 nitrogen and oxygen atoms in total. The number of rotatable bonds is 10. The molecule has 5 amide bonds. The summed E-state index contributed by atoms with van der Waals surface area (Å²) in [6.07, 6.45) is 4.00. The van der Waals surface area contributed by atoms with Crippen molar-refractivity contribution in [1.29, 1.82) is 0 Å². The summed E-state index contributed by atoms with van der Waals surface area (Å²) in [5.41, 5.74) is -0.707. The zero-order valence-electron chi connectivity index (χ0n) is 28.5. The second-order valence-corrected chi connectivity index (χ2v) is 15.2. The van der Waals surface area contributed by atoms with Crippen LogP contribution < -0.4 is 26.6 Å². The number of halogens is 3. The fourth-order valence-corrected chi connectivity index (χ4v) is 5.58. The molecule has 0 radical (unpaired) electrons. The van der Waals surface area contributed by atoms with E-state index in [-0.39, 0.29) is 17.7 Å². The monoisotopic (exact) mass is 727 g/mol. The van der Waals surface area contributed by atoms with E-state index in [2.05, 4.69) is 38.2 Å². The van der Waals surface area contributed by atoms with Crippen molar-refractivity contribution in [2.75, 3.05) is 7.11 Å². The Morgan fingerprint density at radius 2 is 1.17 bits per heavy atom. The maximum Gasteiger partial charge on any atom is 0.408 e. The van der Waals surface area contributed by atoms with Crippen LogP contribution in [0.4, 0.5) is 4.79 Å². The van der Waals surface area contributed by atoms with Gasteiger partial charge in [-0.25, -0.2) is 9.59 Å². The number of alkyl carbamates (subject to hydrolysis) is 1. The van der Waals surface area contributed by atoms with Gasteiger partial charge >= 0.3 is 12.1 Å². The van der Waals surface area contributed by atoms with Crippen molar-refractivity contribution in [2.45, 2.75) is 134 Å². The van der Waals surface area contributed by atoms with Crippen LogP contribution in [0.1, 0.15) is 93.4 Å². The van der Waals surface area contributed by atoms with Gasteiger partial charge in [-0.2, -0.15) is 0 Å². The molecule has 16 heteroatoms. The largest absolute Gasteiger partial charge is 0.467 e. The van der Waals surface area contributed by atoms with Crippen LogP contribution in [0.2, 0.25) is 0 Å². The van der Waals surface area contributed by atoms with Crippen molar-refractivity contribution in [3.8, 4) is 0 Å². The SMILES string of the molecule is COC(=O)[C@H](C)NC(=O)[C@H]1CC[C@@H](C)C[C@H]1NC(=O)[C@H](C)NC(=O)[C@H]1CCCC[C@H]1NC(=O)[C@H](C)NC(=O)OC(C)(C)C.ClC(Cl)Cl. The first kappa shape index (κ1) is 42.5. The molecule has 0 aliphatic heterocycles. The summed E-state index contributed by atoms with van der Waals surface area (Å²) in [6.45, 7) is 11.9. The number of esters is 1. The molecule has 0 spiro atoms. The van der Waals surface area contributed by atoms with Crippen LogP contribution in [0.5, 0.6) is 0 Å². The van der Waals surface area contributed by atoms with E-state index in [0.717, 1.165) is 19.3 Å². The summed E-state index contributed by atoms with van der Waals surface area (Å²) in [5, 5.41) is 13.8. The van der Waals surface area contributed by atoms with Crippen LogP contribution >= 0.6 is 34.8 Å². The Hall–Kier alpha value is -2.51. The predicted octanol–water partition coefficient (Wildman–Crippen LogP) is 3.66. The molecule has 47 heavy (non-hydrogen) atoms. The summed E-state index contributed by atoms with van der Waals surface area (Å²) in [5.74, 6) is -2.87. The van der Waals surface area contributed by atoms with Crippen LogP contribution in [0.25, 0.3) is 0 Å². The third-order valence-corrected chi connectivity index (χ3v) is 8.00. The number of ether oxygens (including phenoxy) is 2. The summed E-state index contributed by atoms with van der Waals surface area (Å²) < 4.78 is 9.15. The van der Waals surface area contributed by atoms with E-state index in [1.54, 1.807) is 41.5 Å². The normalized spacial score (nSPS) is 24.6. The van der Waals surface area contributed by atoms with E-state index >= 15 is 0 Å². The summed E-state index contributed by atoms with van der Waals surface area (Å²) in [7, 11) is 1.25. The minimum Gasteiger partial charge on any atom is -0.467 e. The van der Waals surface area contributed by atoms with Gasteiger partial charge in [0.1, 0.15) is 23.7 Å². The lowest BCUT2D eigenvalue weighted by Gasteiger charge is -2.36. The van der Waals surface area contributed by atoms with E-state index in [0.29, 0.717) is 25.7 Å². The van der Waals surface area contributed by atoms with Gasteiger partial charge in [0, 0.05) is 12.1 Å². The third-order valence-electron chi connectivity index (χ3n) is 8.00. The average molecular weight is 729 g/mol.